The van der Waals surface area contributed by atoms with E-state index in [1.807, 2.05) is 84.9 Å². The molecule has 4 nitrogen and oxygen atoms in total. The highest BCUT2D eigenvalue weighted by Gasteiger charge is 2.25. The Morgan fingerprint density at radius 3 is 1.42 bits per heavy atom. The first-order valence-corrected chi connectivity index (χ1v) is 20.1. The van der Waals surface area contributed by atoms with Crippen molar-refractivity contribution in [3.05, 3.63) is 212 Å². The molecule has 1 aliphatic rings. The van der Waals surface area contributed by atoms with Gasteiger partial charge >= 0.3 is 0 Å². The molecule has 0 fully saturated rings. The summed E-state index contributed by atoms with van der Waals surface area (Å²) in [5, 5.41) is 13.2. The van der Waals surface area contributed by atoms with E-state index in [1.54, 1.807) is 0 Å². The predicted molar refractivity (Wildman–Crippen MR) is 245 cm³/mol. The van der Waals surface area contributed by atoms with Crippen LogP contribution in [0.3, 0.4) is 0 Å². The average molecular weight is 763 g/mol. The molecular formula is C56H34N4. The van der Waals surface area contributed by atoms with Crippen molar-refractivity contribution in [2.45, 2.75) is 0 Å². The zero-order chi connectivity index (χ0) is 40.0. The summed E-state index contributed by atoms with van der Waals surface area (Å²) in [6.07, 6.45) is 0. The normalized spacial score (nSPS) is 11.3. The summed E-state index contributed by atoms with van der Waals surface area (Å²) in [4.78, 5) is 14.9. The van der Waals surface area contributed by atoms with Crippen LogP contribution in [0.25, 0.3) is 112 Å². The number of rotatable bonds is 7. The van der Waals surface area contributed by atoms with E-state index in [0.717, 1.165) is 50.1 Å². The van der Waals surface area contributed by atoms with E-state index in [2.05, 4.69) is 127 Å². The Labute approximate surface area is 348 Å². The third kappa shape index (κ3) is 5.97. The fraction of sp³-hybridized carbons (Fsp3) is 0. The van der Waals surface area contributed by atoms with Gasteiger partial charge in [-0.3, -0.25) is 0 Å². The lowest BCUT2D eigenvalue weighted by Crippen LogP contribution is -2.00. The molecule has 0 aliphatic heterocycles. The molecule has 0 radical (unpaired) electrons. The van der Waals surface area contributed by atoms with Gasteiger partial charge in [-0.1, -0.05) is 188 Å². The fourth-order valence-corrected chi connectivity index (χ4v) is 8.84. The van der Waals surface area contributed by atoms with Crippen molar-refractivity contribution in [1.29, 1.82) is 5.26 Å². The summed E-state index contributed by atoms with van der Waals surface area (Å²) >= 11 is 0. The first-order valence-electron chi connectivity index (χ1n) is 20.1. The van der Waals surface area contributed by atoms with E-state index in [0.29, 0.717) is 23.0 Å². The lowest BCUT2D eigenvalue weighted by molar-refractivity contribution is 1.07. The molecule has 0 atom stereocenters. The van der Waals surface area contributed by atoms with Crippen molar-refractivity contribution in [1.82, 2.24) is 15.0 Å². The molecule has 60 heavy (non-hydrogen) atoms. The maximum absolute atomic E-state index is 10.6. The fourth-order valence-electron chi connectivity index (χ4n) is 8.84. The summed E-state index contributed by atoms with van der Waals surface area (Å²) in [5.74, 6) is 1.79. The molecule has 0 spiro atoms. The summed E-state index contributed by atoms with van der Waals surface area (Å²) in [5.41, 5.74) is 16.7. The summed E-state index contributed by atoms with van der Waals surface area (Å²) < 4.78 is 0. The van der Waals surface area contributed by atoms with Crippen LogP contribution in [0, 0.1) is 11.3 Å². The summed E-state index contributed by atoms with van der Waals surface area (Å²) in [6.45, 7) is 0. The van der Waals surface area contributed by atoms with Crippen molar-refractivity contribution in [2.75, 3.05) is 0 Å². The van der Waals surface area contributed by atoms with Gasteiger partial charge in [0.15, 0.2) is 17.5 Å². The van der Waals surface area contributed by atoms with E-state index >= 15 is 0 Å². The number of nitriles is 1. The molecule has 0 amide bonds. The number of hydrogen-bond acceptors (Lipinski definition) is 4. The lowest BCUT2D eigenvalue weighted by Gasteiger charge is -2.17. The van der Waals surface area contributed by atoms with Gasteiger partial charge in [0.1, 0.15) is 0 Å². The lowest BCUT2D eigenvalue weighted by atomic mass is 9.86. The highest BCUT2D eigenvalue weighted by molar-refractivity contribution is 6.18. The summed E-state index contributed by atoms with van der Waals surface area (Å²) in [7, 11) is 0. The maximum Gasteiger partial charge on any atom is 0.164 e. The molecule has 10 aromatic rings. The number of aromatic nitrogens is 3. The first kappa shape index (κ1) is 34.9. The highest BCUT2D eigenvalue weighted by Crippen LogP contribution is 2.52. The van der Waals surface area contributed by atoms with E-state index in [4.69, 9.17) is 15.0 Å². The van der Waals surface area contributed by atoms with Gasteiger partial charge in [0.2, 0.25) is 0 Å². The molecule has 0 saturated heterocycles. The van der Waals surface area contributed by atoms with E-state index in [9.17, 15) is 5.26 Å². The molecule has 1 aromatic heterocycles. The third-order valence-corrected chi connectivity index (χ3v) is 11.5. The van der Waals surface area contributed by atoms with Crippen LogP contribution in [0.15, 0.2) is 206 Å². The molecule has 1 heterocycles. The Balaban J connectivity index is 1.03. The Morgan fingerprint density at radius 2 is 0.733 bits per heavy atom. The van der Waals surface area contributed by atoms with Gasteiger partial charge in [0, 0.05) is 22.3 Å². The molecule has 11 rings (SSSR count). The Kier molecular flexibility index (Phi) is 8.50. The Morgan fingerprint density at radius 1 is 0.300 bits per heavy atom. The van der Waals surface area contributed by atoms with Gasteiger partial charge in [0.05, 0.1) is 11.6 Å². The van der Waals surface area contributed by atoms with Crippen LogP contribution in [-0.4, -0.2) is 15.0 Å². The maximum atomic E-state index is 10.6. The van der Waals surface area contributed by atoms with Crippen molar-refractivity contribution >= 4 is 10.8 Å². The van der Waals surface area contributed by atoms with Crippen molar-refractivity contribution in [3.8, 4) is 107 Å². The molecule has 0 saturated carbocycles. The standard InChI is InChI=1S/C56H34N4/c57-35-43-25-13-28-45(40-22-10-24-42(34-40)56-59-54(37-15-3-1-4-16-37)58-55(60-56)38-17-5-2-6-18-38)51(43)41-23-9-21-39(33-41)44-26-7-8-27-46(44)47-30-14-31-49-48-29-11-19-36-20-12-32-50(52(36)48)53(47)49/h1-34H. The number of fused-ring (bicyclic) bond motifs is 3. The molecule has 4 heteroatoms. The predicted octanol–water partition coefficient (Wildman–Crippen LogP) is 14.2. The zero-order valence-electron chi connectivity index (χ0n) is 32.4. The van der Waals surface area contributed by atoms with Crippen LogP contribution in [0.5, 0.6) is 0 Å². The van der Waals surface area contributed by atoms with Crippen molar-refractivity contribution < 1.29 is 0 Å². The van der Waals surface area contributed by atoms with E-state index < -0.39 is 0 Å². The Bertz CT molecular complexity index is 3260. The number of hydrogen-bond donors (Lipinski definition) is 0. The van der Waals surface area contributed by atoms with E-state index in [1.165, 1.54) is 44.2 Å². The smallest absolute Gasteiger partial charge is 0.164 e. The van der Waals surface area contributed by atoms with Gasteiger partial charge in [-0.2, -0.15) is 5.26 Å². The molecule has 0 unspecified atom stereocenters. The second-order valence-electron chi connectivity index (χ2n) is 15.0. The quantitative estimate of drug-likeness (QED) is 0.162. The molecule has 0 N–H and O–H groups in total. The van der Waals surface area contributed by atoms with Crippen LogP contribution < -0.4 is 0 Å². The van der Waals surface area contributed by atoms with Crippen LogP contribution in [-0.2, 0) is 0 Å². The molecular weight excluding hydrogens is 729 g/mol. The largest absolute Gasteiger partial charge is 0.208 e. The van der Waals surface area contributed by atoms with Crippen LogP contribution in [0.4, 0.5) is 0 Å². The topological polar surface area (TPSA) is 62.5 Å². The minimum Gasteiger partial charge on any atom is -0.208 e. The van der Waals surface area contributed by atoms with Gasteiger partial charge < -0.3 is 0 Å². The van der Waals surface area contributed by atoms with Gasteiger partial charge in [-0.05, 0) is 90.2 Å². The molecule has 0 bridgehead atoms. The van der Waals surface area contributed by atoms with Gasteiger partial charge in [-0.25, -0.2) is 15.0 Å². The highest BCUT2D eigenvalue weighted by atomic mass is 15.0. The first-order chi connectivity index (χ1) is 29.7. The third-order valence-electron chi connectivity index (χ3n) is 11.5. The van der Waals surface area contributed by atoms with Crippen molar-refractivity contribution in [3.63, 3.8) is 0 Å². The van der Waals surface area contributed by atoms with Gasteiger partial charge in [0.25, 0.3) is 0 Å². The molecule has 278 valence electrons. The average Bonchev–Trinajstić information content (AvgIpc) is 3.67. The molecule has 1 aliphatic carbocycles. The van der Waals surface area contributed by atoms with Crippen molar-refractivity contribution in [2.24, 2.45) is 0 Å². The second-order valence-corrected chi connectivity index (χ2v) is 15.0. The second kappa shape index (κ2) is 14.6. The Hall–Kier alpha value is -8.26. The number of nitrogens with zero attached hydrogens (tertiary/aromatic N) is 4. The van der Waals surface area contributed by atoms with E-state index in [-0.39, 0.29) is 0 Å². The zero-order valence-corrected chi connectivity index (χ0v) is 32.4. The van der Waals surface area contributed by atoms with Crippen LogP contribution in [0.2, 0.25) is 0 Å². The SMILES string of the molecule is N#Cc1cccc(-c2cccc(-c3nc(-c4ccccc4)nc(-c4ccccc4)n3)c2)c1-c1cccc(-c2ccccc2-c2cccc3c2-c2cccc4cccc-3c24)c1. The van der Waals surface area contributed by atoms with Gasteiger partial charge in [-0.15, -0.1) is 0 Å². The monoisotopic (exact) mass is 762 g/mol. The summed E-state index contributed by atoms with van der Waals surface area (Å²) in [6, 6.07) is 73.9. The van der Waals surface area contributed by atoms with Crippen LogP contribution in [0.1, 0.15) is 5.56 Å². The van der Waals surface area contributed by atoms with Crippen LogP contribution >= 0.6 is 0 Å². The minimum absolute atomic E-state index is 0.577. The number of benzene rings is 9. The minimum atomic E-state index is 0.577. The molecule has 9 aromatic carbocycles.